The zero-order chi connectivity index (χ0) is 5.11. The fourth-order valence-electron chi connectivity index (χ4n) is 0.565. The van der Waals surface area contributed by atoms with E-state index in [2.05, 4.69) is 5.48 Å². The Kier molecular flexibility index (Phi) is 1.62. The predicted octanol–water partition coefficient (Wildman–Crippen LogP) is -0.728. The third-order valence-electron chi connectivity index (χ3n) is 1.04. The molecule has 0 aromatic carbocycles. The van der Waals surface area contributed by atoms with Gasteiger partial charge in [0.05, 0.1) is 19.3 Å². The van der Waals surface area contributed by atoms with Crippen LogP contribution in [-0.2, 0) is 4.84 Å². The molecule has 0 radical (unpaired) electrons. The van der Waals surface area contributed by atoms with Crippen molar-refractivity contribution < 1.29 is 9.94 Å². The number of hydrogen-bond acceptors (Lipinski definition) is 3. The molecule has 1 aliphatic rings. The highest BCUT2D eigenvalue weighted by Crippen LogP contribution is 1.97. The van der Waals surface area contributed by atoms with Crippen molar-refractivity contribution in [3.8, 4) is 0 Å². The number of hydroxylamine groups is 1. The maximum Gasteiger partial charge on any atom is 0.0698 e. The summed E-state index contributed by atoms with van der Waals surface area (Å²) in [5, 5.41) is 8.42. The van der Waals surface area contributed by atoms with Crippen LogP contribution in [-0.4, -0.2) is 24.4 Å². The second kappa shape index (κ2) is 2.26. The van der Waals surface area contributed by atoms with Crippen LogP contribution < -0.4 is 5.48 Å². The highest BCUT2D eigenvalue weighted by atomic mass is 16.7. The highest BCUT2D eigenvalue weighted by Gasteiger charge is 2.11. The first-order valence-corrected chi connectivity index (χ1v) is 2.41. The van der Waals surface area contributed by atoms with Crippen molar-refractivity contribution >= 4 is 0 Å². The Morgan fingerprint density at radius 3 is 3.00 bits per heavy atom. The number of nitrogens with one attached hydrogen (secondary N) is 1. The molecule has 42 valence electrons. The zero-order valence-corrected chi connectivity index (χ0v) is 4.05. The minimum absolute atomic E-state index is 0.181. The molecular weight excluding hydrogens is 94.0 g/mol. The van der Waals surface area contributed by atoms with E-state index in [4.69, 9.17) is 9.94 Å². The Morgan fingerprint density at radius 2 is 2.71 bits per heavy atom. The van der Waals surface area contributed by atoms with Crippen LogP contribution in [0.25, 0.3) is 0 Å². The van der Waals surface area contributed by atoms with E-state index >= 15 is 0 Å². The lowest BCUT2D eigenvalue weighted by Crippen LogP contribution is -2.23. The monoisotopic (exact) mass is 103 g/mol. The molecular formula is C4H9NO2. The van der Waals surface area contributed by atoms with Gasteiger partial charge in [-0.15, -0.1) is 0 Å². The lowest BCUT2D eigenvalue weighted by Gasteiger charge is -1.99. The van der Waals surface area contributed by atoms with Gasteiger partial charge in [0.25, 0.3) is 0 Å². The first-order chi connectivity index (χ1) is 3.43. The Morgan fingerprint density at radius 1 is 1.86 bits per heavy atom. The average molecular weight is 103 g/mol. The molecule has 0 bridgehead atoms. The average Bonchev–Trinajstić information content (AvgIpc) is 2.14. The van der Waals surface area contributed by atoms with Gasteiger partial charge in [-0.1, -0.05) is 0 Å². The lowest BCUT2D eigenvalue weighted by molar-refractivity contribution is 0.0758. The van der Waals surface area contributed by atoms with Crippen LogP contribution in [0.3, 0.4) is 0 Å². The summed E-state index contributed by atoms with van der Waals surface area (Å²) in [6.45, 7) is 0.908. The van der Waals surface area contributed by atoms with Gasteiger partial charge in [-0.05, 0) is 6.42 Å². The molecule has 0 aliphatic carbocycles. The summed E-state index contributed by atoms with van der Waals surface area (Å²) in [5.74, 6) is 0. The van der Waals surface area contributed by atoms with Gasteiger partial charge in [0.2, 0.25) is 0 Å². The van der Waals surface area contributed by atoms with Gasteiger partial charge in [0, 0.05) is 0 Å². The molecule has 1 fully saturated rings. The van der Waals surface area contributed by atoms with Gasteiger partial charge in [-0.2, -0.15) is 5.48 Å². The lowest BCUT2D eigenvalue weighted by atomic mass is 10.3. The van der Waals surface area contributed by atoms with Crippen molar-refractivity contribution in [2.24, 2.45) is 0 Å². The first kappa shape index (κ1) is 5.03. The third kappa shape index (κ3) is 1.12. The molecule has 1 heterocycles. The molecule has 1 atom stereocenters. The van der Waals surface area contributed by atoms with E-state index in [-0.39, 0.29) is 12.6 Å². The third-order valence-corrected chi connectivity index (χ3v) is 1.04. The molecule has 3 nitrogen and oxygen atoms in total. The maximum absolute atomic E-state index is 8.42. The van der Waals surface area contributed by atoms with E-state index < -0.39 is 0 Å². The van der Waals surface area contributed by atoms with E-state index in [0.29, 0.717) is 0 Å². The van der Waals surface area contributed by atoms with Gasteiger partial charge < -0.3 is 9.94 Å². The molecule has 0 aromatic heterocycles. The Bertz CT molecular complexity index is 51.7. The fraction of sp³-hybridized carbons (Fsp3) is 1.00. The van der Waals surface area contributed by atoms with Crippen LogP contribution in [0, 0.1) is 0 Å². The van der Waals surface area contributed by atoms with Gasteiger partial charge >= 0.3 is 0 Å². The van der Waals surface area contributed by atoms with E-state index in [1.54, 1.807) is 0 Å². The quantitative estimate of drug-likeness (QED) is 0.460. The van der Waals surface area contributed by atoms with Crippen LogP contribution in [0.1, 0.15) is 6.42 Å². The standard InChI is InChI=1S/C4H9NO2/c6-3-4-1-2-7-5-4/h4-6H,1-3H2. The molecule has 1 unspecified atom stereocenters. The molecule has 1 aliphatic heterocycles. The topological polar surface area (TPSA) is 41.5 Å². The minimum Gasteiger partial charge on any atom is -0.395 e. The normalized spacial score (nSPS) is 31.3. The molecule has 0 spiro atoms. The fourth-order valence-corrected chi connectivity index (χ4v) is 0.565. The van der Waals surface area contributed by atoms with Crippen LogP contribution in [0.4, 0.5) is 0 Å². The summed E-state index contributed by atoms with van der Waals surface area (Å²) in [6, 6.07) is 0.181. The summed E-state index contributed by atoms with van der Waals surface area (Å²) in [7, 11) is 0. The van der Waals surface area contributed by atoms with E-state index in [0.717, 1.165) is 13.0 Å². The minimum atomic E-state index is 0.181. The highest BCUT2D eigenvalue weighted by molar-refractivity contribution is 4.63. The number of hydrogen-bond donors (Lipinski definition) is 2. The number of aliphatic hydroxyl groups is 1. The van der Waals surface area contributed by atoms with Crippen molar-refractivity contribution in [2.75, 3.05) is 13.2 Å². The Labute approximate surface area is 42.2 Å². The smallest absolute Gasteiger partial charge is 0.0698 e. The molecule has 7 heavy (non-hydrogen) atoms. The number of aliphatic hydroxyl groups excluding tert-OH is 1. The van der Waals surface area contributed by atoms with Crippen molar-refractivity contribution in [2.45, 2.75) is 12.5 Å². The zero-order valence-electron chi connectivity index (χ0n) is 4.05. The second-order valence-corrected chi connectivity index (χ2v) is 1.63. The van der Waals surface area contributed by atoms with Gasteiger partial charge in [-0.25, -0.2) is 0 Å². The SMILES string of the molecule is OCC1CCON1. The largest absolute Gasteiger partial charge is 0.395 e. The van der Waals surface area contributed by atoms with E-state index in [1.807, 2.05) is 0 Å². The van der Waals surface area contributed by atoms with Crippen LogP contribution in [0.5, 0.6) is 0 Å². The molecule has 0 aromatic rings. The summed E-state index contributed by atoms with van der Waals surface area (Å²) >= 11 is 0. The molecule has 1 saturated heterocycles. The molecule has 0 amide bonds. The summed E-state index contributed by atoms with van der Waals surface area (Å²) < 4.78 is 0. The van der Waals surface area contributed by atoms with Crippen LogP contribution >= 0.6 is 0 Å². The molecule has 2 N–H and O–H groups in total. The Hall–Kier alpha value is -0.120. The predicted molar refractivity (Wildman–Crippen MR) is 24.6 cm³/mol. The molecule has 0 saturated carbocycles. The second-order valence-electron chi connectivity index (χ2n) is 1.63. The van der Waals surface area contributed by atoms with Crippen molar-refractivity contribution in [1.29, 1.82) is 0 Å². The van der Waals surface area contributed by atoms with Crippen molar-refractivity contribution in [3.63, 3.8) is 0 Å². The van der Waals surface area contributed by atoms with E-state index in [9.17, 15) is 0 Å². The number of rotatable bonds is 1. The van der Waals surface area contributed by atoms with Crippen LogP contribution in [0.2, 0.25) is 0 Å². The Balaban J connectivity index is 2.14. The van der Waals surface area contributed by atoms with Crippen molar-refractivity contribution in [1.82, 2.24) is 5.48 Å². The summed E-state index contributed by atoms with van der Waals surface area (Å²) in [6.07, 6.45) is 0.927. The van der Waals surface area contributed by atoms with Gasteiger partial charge in [-0.3, -0.25) is 0 Å². The molecule has 1 rings (SSSR count). The first-order valence-electron chi connectivity index (χ1n) is 2.41. The van der Waals surface area contributed by atoms with Gasteiger partial charge in [0.15, 0.2) is 0 Å². The maximum atomic E-state index is 8.42. The summed E-state index contributed by atoms with van der Waals surface area (Å²) in [5.41, 5.74) is 2.66. The van der Waals surface area contributed by atoms with E-state index in [1.165, 1.54) is 0 Å². The molecule has 3 heteroatoms. The van der Waals surface area contributed by atoms with Crippen LogP contribution in [0.15, 0.2) is 0 Å². The van der Waals surface area contributed by atoms with Crippen molar-refractivity contribution in [3.05, 3.63) is 0 Å². The summed E-state index contributed by atoms with van der Waals surface area (Å²) in [4.78, 5) is 4.74. The van der Waals surface area contributed by atoms with Gasteiger partial charge in [0.1, 0.15) is 0 Å².